The molecular weight excluding hydrogens is 234 g/mol. The summed E-state index contributed by atoms with van der Waals surface area (Å²) in [5, 5.41) is 18.9. The predicted molar refractivity (Wildman–Crippen MR) is 57.5 cm³/mol. The molecule has 2 N–H and O–H groups in total. The Balaban J connectivity index is 2.48. The molecule has 1 saturated carbocycles. The maximum atomic E-state index is 11.6. The van der Waals surface area contributed by atoms with Crippen LogP contribution >= 0.6 is 7.60 Å². The van der Waals surface area contributed by atoms with Crippen molar-refractivity contribution in [3.05, 3.63) is 0 Å². The first-order chi connectivity index (χ1) is 7.43. The highest BCUT2D eigenvalue weighted by Gasteiger charge is 2.40. The van der Waals surface area contributed by atoms with E-state index in [-0.39, 0.29) is 6.35 Å². The van der Waals surface area contributed by atoms with E-state index in [2.05, 4.69) is 9.05 Å². The van der Waals surface area contributed by atoms with Gasteiger partial charge < -0.3 is 24.0 Å². The van der Waals surface area contributed by atoms with Crippen LogP contribution in [0.2, 0.25) is 5.82 Å². The van der Waals surface area contributed by atoms with E-state index in [4.69, 9.17) is 12.6 Å². The van der Waals surface area contributed by atoms with Crippen LogP contribution in [0.4, 0.5) is 0 Å². The summed E-state index contributed by atoms with van der Waals surface area (Å²) in [4.78, 5) is 0. The van der Waals surface area contributed by atoms with Crippen molar-refractivity contribution in [3.63, 3.8) is 0 Å². The molecular formula is C8H16BO6P. The molecule has 1 aliphatic carbocycles. The predicted octanol–water partition coefficient (Wildman–Crippen LogP) is -0.102. The second-order valence-corrected chi connectivity index (χ2v) is 5.90. The summed E-state index contributed by atoms with van der Waals surface area (Å²) in [6.45, 7) is 0. The highest BCUT2D eigenvalue weighted by Crippen LogP contribution is 2.47. The van der Waals surface area contributed by atoms with E-state index in [9.17, 15) is 14.8 Å². The van der Waals surface area contributed by atoms with Gasteiger partial charge in [-0.3, -0.25) is 4.57 Å². The average molecular weight is 250 g/mol. The fraction of sp³-hybridized carbons (Fsp3) is 1.00. The molecule has 1 aliphatic rings. The Kier molecular flexibility index (Phi) is 4.97. The zero-order valence-electron chi connectivity index (χ0n) is 9.28. The minimum Gasteiger partial charge on any atom is -0.391 e. The Bertz CT molecular complexity index is 267. The van der Waals surface area contributed by atoms with Crippen molar-refractivity contribution in [2.45, 2.75) is 30.5 Å². The van der Waals surface area contributed by atoms with Crippen LogP contribution in [0.3, 0.4) is 0 Å². The molecule has 0 aromatic heterocycles. The lowest BCUT2D eigenvalue weighted by Gasteiger charge is -2.20. The SMILES string of the molecule is [B]C1CC(OCP(=O)(OC)OC)C(O)C1O. The Hall–Kier alpha value is 0.0949. The Morgan fingerprint density at radius 3 is 2.25 bits per heavy atom. The minimum atomic E-state index is -3.26. The van der Waals surface area contributed by atoms with Crippen molar-refractivity contribution in [2.24, 2.45) is 0 Å². The van der Waals surface area contributed by atoms with Crippen LogP contribution in [-0.4, -0.2) is 56.9 Å². The van der Waals surface area contributed by atoms with Crippen LogP contribution in [0.1, 0.15) is 6.42 Å². The molecule has 0 aromatic carbocycles. The highest BCUT2D eigenvalue weighted by atomic mass is 31.2. The lowest BCUT2D eigenvalue weighted by atomic mass is 9.84. The highest BCUT2D eigenvalue weighted by molar-refractivity contribution is 7.53. The molecule has 4 atom stereocenters. The van der Waals surface area contributed by atoms with Crippen molar-refractivity contribution in [1.29, 1.82) is 0 Å². The van der Waals surface area contributed by atoms with E-state index >= 15 is 0 Å². The van der Waals surface area contributed by atoms with Gasteiger partial charge in [-0.2, -0.15) is 0 Å². The van der Waals surface area contributed by atoms with E-state index in [0.29, 0.717) is 6.42 Å². The Morgan fingerprint density at radius 2 is 1.88 bits per heavy atom. The normalized spacial score (nSPS) is 35.5. The molecule has 0 heterocycles. The van der Waals surface area contributed by atoms with Crippen molar-refractivity contribution >= 4 is 15.4 Å². The van der Waals surface area contributed by atoms with Crippen LogP contribution in [-0.2, 0) is 18.3 Å². The number of aliphatic hydroxyl groups is 2. The minimum absolute atomic E-state index is 0.277. The topological polar surface area (TPSA) is 85.2 Å². The first-order valence-electron chi connectivity index (χ1n) is 4.87. The molecule has 0 aromatic rings. The van der Waals surface area contributed by atoms with E-state index < -0.39 is 31.7 Å². The van der Waals surface area contributed by atoms with E-state index in [0.717, 1.165) is 0 Å². The van der Waals surface area contributed by atoms with Gasteiger partial charge in [-0.25, -0.2) is 0 Å². The second kappa shape index (κ2) is 5.62. The molecule has 0 aliphatic heterocycles. The molecule has 1 rings (SSSR count). The zero-order valence-corrected chi connectivity index (χ0v) is 10.2. The Morgan fingerprint density at radius 1 is 1.31 bits per heavy atom. The van der Waals surface area contributed by atoms with Crippen molar-refractivity contribution < 1.29 is 28.6 Å². The Labute approximate surface area is 95.8 Å². The van der Waals surface area contributed by atoms with Gasteiger partial charge in [-0.1, -0.05) is 0 Å². The second-order valence-electron chi connectivity index (χ2n) is 3.69. The summed E-state index contributed by atoms with van der Waals surface area (Å²) < 4.78 is 26.2. The zero-order chi connectivity index (χ0) is 12.3. The standard InChI is InChI=1S/C8H16BO6P/c1-13-16(12,14-2)4-15-6-3-5(9)7(10)8(6)11/h5-8,10-11H,3-4H2,1-2H3. The van der Waals surface area contributed by atoms with Crippen LogP contribution in [0.25, 0.3) is 0 Å². The van der Waals surface area contributed by atoms with Crippen LogP contribution in [0, 0.1) is 0 Å². The van der Waals surface area contributed by atoms with Crippen molar-refractivity contribution in [1.82, 2.24) is 0 Å². The van der Waals surface area contributed by atoms with Gasteiger partial charge in [0, 0.05) is 14.2 Å². The monoisotopic (exact) mass is 250 g/mol. The molecule has 4 unspecified atom stereocenters. The largest absolute Gasteiger partial charge is 0.391 e. The van der Waals surface area contributed by atoms with Gasteiger partial charge in [-0.05, 0) is 12.2 Å². The first-order valence-corrected chi connectivity index (χ1v) is 6.60. The van der Waals surface area contributed by atoms with Gasteiger partial charge in [0.25, 0.3) is 0 Å². The van der Waals surface area contributed by atoms with Gasteiger partial charge in [0.15, 0.2) is 0 Å². The fourth-order valence-electron chi connectivity index (χ4n) is 1.55. The van der Waals surface area contributed by atoms with Gasteiger partial charge in [0.1, 0.15) is 12.5 Å². The number of rotatable bonds is 5. The van der Waals surface area contributed by atoms with Crippen LogP contribution in [0.15, 0.2) is 0 Å². The number of hydrogen-bond donors (Lipinski definition) is 2. The lowest BCUT2D eigenvalue weighted by Crippen LogP contribution is -2.31. The molecule has 8 heteroatoms. The third-order valence-electron chi connectivity index (χ3n) is 2.68. The van der Waals surface area contributed by atoms with E-state index in [1.54, 1.807) is 0 Å². The third-order valence-corrected chi connectivity index (χ3v) is 4.26. The van der Waals surface area contributed by atoms with E-state index in [1.165, 1.54) is 14.2 Å². The maximum Gasteiger partial charge on any atom is 0.355 e. The number of ether oxygens (including phenoxy) is 1. The van der Waals surface area contributed by atoms with E-state index in [1.807, 2.05) is 0 Å². The molecule has 1 fully saturated rings. The number of aliphatic hydroxyl groups excluding tert-OH is 2. The van der Waals surface area contributed by atoms with Gasteiger partial charge in [0.05, 0.1) is 20.1 Å². The molecule has 0 amide bonds. The van der Waals surface area contributed by atoms with Gasteiger partial charge >= 0.3 is 7.60 Å². The van der Waals surface area contributed by atoms with Crippen molar-refractivity contribution in [2.75, 3.05) is 20.6 Å². The van der Waals surface area contributed by atoms with Crippen molar-refractivity contribution in [3.8, 4) is 0 Å². The summed E-state index contributed by atoms with van der Waals surface area (Å²) in [6, 6.07) is 0. The third kappa shape index (κ3) is 3.06. The average Bonchev–Trinajstić information content (AvgIpc) is 2.54. The molecule has 0 bridgehead atoms. The summed E-state index contributed by atoms with van der Waals surface area (Å²) in [5.74, 6) is -0.538. The summed E-state index contributed by atoms with van der Waals surface area (Å²) in [6.07, 6.45) is -2.72. The summed E-state index contributed by atoms with van der Waals surface area (Å²) in [5.41, 5.74) is 0. The fourth-order valence-corrected chi connectivity index (χ4v) is 2.29. The molecule has 0 saturated heterocycles. The lowest BCUT2D eigenvalue weighted by molar-refractivity contribution is -0.0454. The first kappa shape index (κ1) is 14.2. The maximum absolute atomic E-state index is 11.6. The van der Waals surface area contributed by atoms with Crippen LogP contribution < -0.4 is 0 Å². The summed E-state index contributed by atoms with van der Waals surface area (Å²) in [7, 11) is 4.79. The molecule has 16 heavy (non-hydrogen) atoms. The molecule has 6 nitrogen and oxygen atoms in total. The van der Waals surface area contributed by atoms with Gasteiger partial charge in [0.2, 0.25) is 0 Å². The smallest absolute Gasteiger partial charge is 0.355 e. The quantitative estimate of drug-likeness (QED) is 0.523. The molecule has 92 valence electrons. The van der Waals surface area contributed by atoms with Gasteiger partial charge in [-0.15, -0.1) is 0 Å². The van der Waals surface area contributed by atoms with Crippen LogP contribution in [0.5, 0.6) is 0 Å². The summed E-state index contributed by atoms with van der Waals surface area (Å²) >= 11 is 0. The molecule has 0 spiro atoms. The molecule has 2 radical (unpaired) electrons. The number of hydrogen-bond acceptors (Lipinski definition) is 6.